The quantitative estimate of drug-likeness (QED) is 0.890. The first kappa shape index (κ1) is 16.9. The van der Waals surface area contributed by atoms with Crippen molar-refractivity contribution >= 4 is 5.91 Å². The number of ether oxygens (including phenoxy) is 2. The first-order chi connectivity index (χ1) is 11.0. The molecule has 2 rings (SSSR count). The molecule has 0 aromatic heterocycles. The smallest absolute Gasteiger partial charge is 0.230 e. The van der Waals surface area contributed by atoms with Crippen molar-refractivity contribution in [3.05, 3.63) is 59.7 Å². The summed E-state index contributed by atoms with van der Waals surface area (Å²) in [5.41, 5.74) is 1.37. The van der Waals surface area contributed by atoms with E-state index in [-0.39, 0.29) is 5.91 Å². The molecule has 4 heteroatoms. The van der Waals surface area contributed by atoms with E-state index in [1.54, 1.807) is 14.2 Å². The van der Waals surface area contributed by atoms with E-state index in [2.05, 4.69) is 5.32 Å². The molecule has 2 aromatic carbocycles. The topological polar surface area (TPSA) is 47.6 Å². The van der Waals surface area contributed by atoms with Gasteiger partial charge in [-0.3, -0.25) is 4.79 Å². The minimum absolute atomic E-state index is 0.0153. The van der Waals surface area contributed by atoms with Crippen LogP contribution >= 0.6 is 0 Å². The normalized spacial score (nSPS) is 11.0. The van der Waals surface area contributed by atoms with Gasteiger partial charge in [-0.1, -0.05) is 24.3 Å². The van der Waals surface area contributed by atoms with Crippen LogP contribution in [-0.4, -0.2) is 20.1 Å². The van der Waals surface area contributed by atoms with E-state index in [0.717, 1.165) is 22.6 Å². The Hall–Kier alpha value is -2.49. The molecule has 0 fully saturated rings. The average molecular weight is 313 g/mol. The van der Waals surface area contributed by atoms with Gasteiger partial charge in [0, 0.05) is 6.54 Å². The maximum absolute atomic E-state index is 12.5. The third kappa shape index (κ3) is 4.03. The Morgan fingerprint density at radius 2 is 1.39 bits per heavy atom. The summed E-state index contributed by atoms with van der Waals surface area (Å²) in [7, 11) is 3.26. The number of rotatable bonds is 6. The van der Waals surface area contributed by atoms with Crippen molar-refractivity contribution in [3.8, 4) is 11.5 Å². The Kier molecular flexibility index (Phi) is 5.27. The van der Waals surface area contributed by atoms with Crippen molar-refractivity contribution in [1.29, 1.82) is 0 Å². The van der Waals surface area contributed by atoms with Gasteiger partial charge in [0.1, 0.15) is 11.5 Å². The number of hydrogen-bond acceptors (Lipinski definition) is 3. The summed E-state index contributed by atoms with van der Waals surface area (Å²) in [5.74, 6) is 1.57. The molecule has 0 aliphatic carbocycles. The van der Waals surface area contributed by atoms with Crippen molar-refractivity contribution in [2.75, 3.05) is 14.2 Å². The Morgan fingerprint density at radius 1 is 0.913 bits per heavy atom. The van der Waals surface area contributed by atoms with Crippen LogP contribution in [-0.2, 0) is 16.8 Å². The number of nitrogens with one attached hydrogen (secondary N) is 1. The summed E-state index contributed by atoms with van der Waals surface area (Å²) in [5, 5.41) is 2.99. The van der Waals surface area contributed by atoms with Crippen LogP contribution in [0.25, 0.3) is 0 Å². The second kappa shape index (κ2) is 7.18. The van der Waals surface area contributed by atoms with Gasteiger partial charge in [0.05, 0.1) is 19.6 Å². The van der Waals surface area contributed by atoms with Crippen molar-refractivity contribution in [3.63, 3.8) is 0 Å². The van der Waals surface area contributed by atoms with E-state index >= 15 is 0 Å². The molecular weight excluding hydrogens is 290 g/mol. The van der Waals surface area contributed by atoms with Crippen LogP contribution < -0.4 is 14.8 Å². The molecule has 0 atom stereocenters. The summed E-state index contributed by atoms with van der Waals surface area (Å²) >= 11 is 0. The van der Waals surface area contributed by atoms with Gasteiger partial charge in [-0.05, 0) is 49.2 Å². The lowest BCUT2D eigenvalue weighted by atomic mass is 9.83. The largest absolute Gasteiger partial charge is 0.497 e. The first-order valence-corrected chi connectivity index (χ1v) is 7.53. The lowest BCUT2D eigenvalue weighted by molar-refractivity contribution is -0.125. The highest BCUT2D eigenvalue weighted by Crippen LogP contribution is 2.25. The van der Waals surface area contributed by atoms with Gasteiger partial charge < -0.3 is 14.8 Å². The number of carbonyl (C=O) groups is 1. The van der Waals surface area contributed by atoms with Crippen molar-refractivity contribution in [1.82, 2.24) is 5.32 Å². The summed E-state index contributed by atoms with van der Waals surface area (Å²) < 4.78 is 10.3. The number of carbonyl (C=O) groups excluding carboxylic acids is 1. The minimum atomic E-state index is -0.612. The third-order valence-corrected chi connectivity index (χ3v) is 3.99. The summed E-state index contributed by atoms with van der Waals surface area (Å²) in [6, 6.07) is 15.2. The zero-order chi connectivity index (χ0) is 16.9. The molecular formula is C19H23NO3. The molecule has 23 heavy (non-hydrogen) atoms. The monoisotopic (exact) mass is 313 g/mol. The van der Waals surface area contributed by atoms with Crippen molar-refractivity contribution in [2.24, 2.45) is 0 Å². The van der Waals surface area contributed by atoms with Gasteiger partial charge in [-0.2, -0.15) is 0 Å². The highest BCUT2D eigenvalue weighted by molar-refractivity contribution is 5.87. The van der Waals surface area contributed by atoms with Crippen molar-refractivity contribution in [2.45, 2.75) is 25.8 Å². The van der Waals surface area contributed by atoms with E-state index in [1.807, 2.05) is 62.4 Å². The van der Waals surface area contributed by atoms with Crippen LogP contribution in [0, 0.1) is 0 Å². The van der Waals surface area contributed by atoms with Crippen molar-refractivity contribution < 1.29 is 14.3 Å². The van der Waals surface area contributed by atoms with E-state index in [0.29, 0.717) is 6.54 Å². The Bertz CT molecular complexity index is 645. The zero-order valence-electron chi connectivity index (χ0n) is 14.1. The van der Waals surface area contributed by atoms with Crippen LogP contribution in [0.15, 0.2) is 48.5 Å². The molecule has 4 nitrogen and oxygen atoms in total. The van der Waals surface area contributed by atoms with E-state index < -0.39 is 5.41 Å². The van der Waals surface area contributed by atoms with Crippen LogP contribution in [0.2, 0.25) is 0 Å². The highest BCUT2D eigenvalue weighted by Gasteiger charge is 2.29. The lowest BCUT2D eigenvalue weighted by Gasteiger charge is -2.24. The summed E-state index contributed by atoms with van der Waals surface area (Å²) in [4.78, 5) is 12.5. The number of amides is 1. The fourth-order valence-corrected chi connectivity index (χ4v) is 2.29. The molecule has 0 aliphatic heterocycles. The first-order valence-electron chi connectivity index (χ1n) is 7.53. The van der Waals surface area contributed by atoms with Crippen LogP contribution in [0.4, 0.5) is 0 Å². The molecule has 0 aliphatic rings. The molecule has 0 saturated carbocycles. The van der Waals surface area contributed by atoms with Gasteiger partial charge in [-0.25, -0.2) is 0 Å². The molecule has 0 heterocycles. The minimum Gasteiger partial charge on any atom is -0.497 e. The molecule has 122 valence electrons. The predicted octanol–water partition coefficient (Wildman–Crippen LogP) is 3.30. The van der Waals surface area contributed by atoms with E-state index in [4.69, 9.17) is 9.47 Å². The SMILES string of the molecule is COc1ccc(CNC(=O)C(C)(C)c2ccc(OC)cc2)cc1. The third-order valence-electron chi connectivity index (χ3n) is 3.99. The molecule has 0 saturated heterocycles. The molecule has 1 amide bonds. The number of benzene rings is 2. The predicted molar refractivity (Wildman–Crippen MR) is 90.9 cm³/mol. The fourth-order valence-electron chi connectivity index (χ4n) is 2.29. The van der Waals surface area contributed by atoms with Gasteiger partial charge in [0.2, 0.25) is 5.91 Å². The van der Waals surface area contributed by atoms with Crippen LogP contribution in [0.5, 0.6) is 11.5 Å². The summed E-state index contributed by atoms with van der Waals surface area (Å²) in [6.45, 7) is 4.32. The Balaban J connectivity index is 2.02. The fraction of sp³-hybridized carbons (Fsp3) is 0.316. The maximum Gasteiger partial charge on any atom is 0.230 e. The maximum atomic E-state index is 12.5. The van der Waals surface area contributed by atoms with Gasteiger partial charge in [0.15, 0.2) is 0 Å². The molecule has 0 unspecified atom stereocenters. The Labute approximate surface area is 137 Å². The molecule has 1 N–H and O–H groups in total. The van der Waals surface area contributed by atoms with Crippen LogP contribution in [0.1, 0.15) is 25.0 Å². The highest BCUT2D eigenvalue weighted by atomic mass is 16.5. The van der Waals surface area contributed by atoms with Gasteiger partial charge >= 0.3 is 0 Å². The van der Waals surface area contributed by atoms with Gasteiger partial charge in [0.25, 0.3) is 0 Å². The van der Waals surface area contributed by atoms with Gasteiger partial charge in [-0.15, -0.1) is 0 Å². The standard InChI is InChI=1S/C19H23NO3/c1-19(2,15-7-11-17(23-4)12-8-15)18(21)20-13-14-5-9-16(22-3)10-6-14/h5-12H,13H2,1-4H3,(H,20,21). The molecule has 0 bridgehead atoms. The lowest BCUT2D eigenvalue weighted by Crippen LogP contribution is -2.39. The Morgan fingerprint density at radius 3 is 1.87 bits per heavy atom. The van der Waals surface area contributed by atoms with E-state index in [9.17, 15) is 4.79 Å². The average Bonchev–Trinajstić information content (AvgIpc) is 2.60. The second-order valence-electron chi connectivity index (χ2n) is 5.88. The zero-order valence-corrected chi connectivity index (χ0v) is 14.1. The molecule has 2 aromatic rings. The number of hydrogen-bond donors (Lipinski definition) is 1. The number of methoxy groups -OCH3 is 2. The summed E-state index contributed by atoms with van der Waals surface area (Å²) in [6.07, 6.45) is 0. The molecule has 0 radical (unpaired) electrons. The molecule has 0 spiro atoms. The van der Waals surface area contributed by atoms with Crippen LogP contribution in [0.3, 0.4) is 0 Å². The second-order valence-corrected chi connectivity index (χ2v) is 5.88. The van der Waals surface area contributed by atoms with E-state index in [1.165, 1.54) is 0 Å².